The number of phenolic OH excluding ortho intramolecular Hbond substituents is 1. The Hall–Kier alpha value is -3.80. The van der Waals surface area contributed by atoms with Crippen molar-refractivity contribution in [2.75, 3.05) is 0 Å². The van der Waals surface area contributed by atoms with E-state index in [1.165, 1.54) is 13.0 Å². The highest BCUT2D eigenvalue weighted by atomic mass is 16.5. The minimum Gasteiger partial charge on any atom is -0.507 e. The molecule has 0 unspecified atom stereocenters. The van der Waals surface area contributed by atoms with Crippen LogP contribution in [-0.2, 0) is 9.59 Å². The van der Waals surface area contributed by atoms with E-state index in [0.29, 0.717) is 28.1 Å². The molecule has 0 radical (unpaired) electrons. The van der Waals surface area contributed by atoms with E-state index in [4.69, 9.17) is 15.2 Å². The molecule has 0 bridgehead atoms. The molecule has 0 saturated heterocycles. The Morgan fingerprint density at radius 3 is 1.93 bits per heavy atom. The molecule has 0 aliphatic rings. The van der Waals surface area contributed by atoms with Crippen molar-refractivity contribution < 1.29 is 24.2 Å². The summed E-state index contributed by atoms with van der Waals surface area (Å²) in [6.07, 6.45) is 1.58. The van der Waals surface area contributed by atoms with Crippen LogP contribution < -0.4 is 15.2 Å². The van der Waals surface area contributed by atoms with Gasteiger partial charge in [0.1, 0.15) is 17.2 Å². The summed E-state index contributed by atoms with van der Waals surface area (Å²) in [7, 11) is 0. The van der Waals surface area contributed by atoms with Gasteiger partial charge in [-0.15, -0.1) is 0 Å². The molecule has 3 N–H and O–H groups in total. The van der Waals surface area contributed by atoms with Crippen LogP contribution in [0.2, 0.25) is 0 Å². The maximum atomic E-state index is 11.5. The molecule has 0 amide bonds. The second-order valence-electron chi connectivity index (χ2n) is 6.18. The molecule has 6 nitrogen and oxygen atoms in total. The molecule has 0 saturated carbocycles. The second kappa shape index (κ2) is 8.73. The molecular weight excluding hydrogens is 358 g/mol. The van der Waals surface area contributed by atoms with Gasteiger partial charge in [-0.25, -0.2) is 9.59 Å². The molecule has 2 aromatic carbocycles. The van der Waals surface area contributed by atoms with E-state index in [9.17, 15) is 14.7 Å². The van der Waals surface area contributed by atoms with Crippen molar-refractivity contribution in [3.05, 3.63) is 77.9 Å². The molecule has 2 rings (SSSR count). The smallest absolute Gasteiger partial charge is 0.338 e. The number of phenols is 1. The van der Waals surface area contributed by atoms with Crippen molar-refractivity contribution in [1.29, 1.82) is 0 Å². The number of hydrogen-bond donors (Lipinski definition) is 2. The quantitative estimate of drug-likeness (QED) is 0.343. The van der Waals surface area contributed by atoms with E-state index in [0.717, 1.165) is 0 Å². The highest BCUT2D eigenvalue weighted by Gasteiger charge is 2.09. The van der Waals surface area contributed by atoms with Crippen molar-refractivity contribution >= 4 is 23.7 Å². The third-order valence-corrected chi connectivity index (χ3v) is 3.62. The van der Waals surface area contributed by atoms with Crippen LogP contribution in [0.4, 0.5) is 0 Å². The average Bonchev–Trinajstić information content (AvgIpc) is 2.64. The Morgan fingerprint density at radius 2 is 1.43 bits per heavy atom. The van der Waals surface area contributed by atoms with Gasteiger partial charge in [0.2, 0.25) is 0 Å². The van der Waals surface area contributed by atoms with E-state index in [-0.39, 0.29) is 17.1 Å². The second-order valence-corrected chi connectivity index (χ2v) is 6.18. The van der Waals surface area contributed by atoms with Crippen molar-refractivity contribution in [1.82, 2.24) is 0 Å². The number of aromatic hydroxyl groups is 1. The van der Waals surface area contributed by atoms with Crippen LogP contribution in [0.15, 0.2) is 66.8 Å². The molecule has 2 aromatic rings. The van der Waals surface area contributed by atoms with Gasteiger partial charge in [0.15, 0.2) is 0 Å². The van der Waals surface area contributed by atoms with Gasteiger partial charge in [-0.05, 0) is 61.9 Å². The van der Waals surface area contributed by atoms with Gasteiger partial charge in [-0.3, -0.25) is 0 Å². The average molecular weight is 379 g/mol. The first-order valence-electron chi connectivity index (χ1n) is 8.33. The summed E-state index contributed by atoms with van der Waals surface area (Å²) in [4.78, 5) is 23.1. The summed E-state index contributed by atoms with van der Waals surface area (Å²) in [5.74, 6) is -0.605. The van der Waals surface area contributed by atoms with Crippen LogP contribution in [0.3, 0.4) is 0 Å². The lowest BCUT2D eigenvalue weighted by Crippen LogP contribution is -2.08. The van der Waals surface area contributed by atoms with Gasteiger partial charge < -0.3 is 20.3 Å². The molecule has 28 heavy (non-hydrogen) atoms. The predicted octanol–water partition coefficient (Wildman–Crippen LogP) is 3.81. The minimum absolute atomic E-state index is 0.0954. The van der Waals surface area contributed by atoms with Crippen LogP contribution in [0, 0.1) is 0 Å². The van der Waals surface area contributed by atoms with Crippen molar-refractivity contribution in [3.63, 3.8) is 0 Å². The third kappa shape index (κ3) is 5.35. The number of rotatable bonds is 6. The number of carbonyl (C=O) groups excluding carboxylic acids is 2. The fourth-order valence-electron chi connectivity index (χ4n) is 2.06. The summed E-state index contributed by atoms with van der Waals surface area (Å²) in [6, 6.07) is 11.0. The number of esters is 2. The first-order chi connectivity index (χ1) is 13.2. The Kier molecular flexibility index (Phi) is 6.39. The third-order valence-electron chi connectivity index (χ3n) is 3.62. The number of ether oxygens (including phenoxy) is 2. The molecule has 0 spiro atoms. The lowest BCUT2D eigenvalue weighted by atomic mass is 10.1. The van der Waals surface area contributed by atoms with Gasteiger partial charge in [0.05, 0.1) is 0 Å². The first kappa shape index (κ1) is 20.5. The predicted molar refractivity (Wildman–Crippen MR) is 108 cm³/mol. The van der Waals surface area contributed by atoms with Gasteiger partial charge in [-0.1, -0.05) is 13.2 Å². The molecule has 144 valence electrons. The number of benzene rings is 2. The van der Waals surface area contributed by atoms with Crippen LogP contribution >= 0.6 is 0 Å². The largest absolute Gasteiger partial charge is 0.507 e. The topological polar surface area (TPSA) is 98.9 Å². The summed E-state index contributed by atoms with van der Waals surface area (Å²) in [5, 5.41) is 10.2. The van der Waals surface area contributed by atoms with Gasteiger partial charge in [0, 0.05) is 28.5 Å². The summed E-state index contributed by atoms with van der Waals surface area (Å²) in [6.45, 7) is 10.1. The normalized spacial score (nSPS) is 10.9. The van der Waals surface area contributed by atoms with Gasteiger partial charge in [0.25, 0.3) is 0 Å². The number of nitrogens with two attached hydrogens (primary N) is 1. The zero-order valence-electron chi connectivity index (χ0n) is 15.7. The van der Waals surface area contributed by atoms with Crippen LogP contribution in [-0.4, -0.2) is 17.0 Å². The molecular formula is C22H21NO5. The van der Waals surface area contributed by atoms with E-state index in [1.807, 2.05) is 0 Å². The summed E-state index contributed by atoms with van der Waals surface area (Å²) in [5.41, 5.74) is 8.15. The molecule has 0 heterocycles. The highest BCUT2D eigenvalue weighted by molar-refractivity contribution is 5.89. The van der Waals surface area contributed by atoms with E-state index in [1.54, 1.807) is 49.4 Å². The molecule has 0 fully saturated rings. The van der Waals surface area contributed by atoms with Gasteiger partial charge >= 0.3 is 11.9 Å². The Morgan fingerprint density at radius 1 is 0.929 bits per heavy atom. The lowest BCUT2D eigenvalue weighted by molar-refractivity contribution is -0.130. The zero-order chi connectivity index (χ0) is 20.8. The molecule has 0 aliphatic carbocycles. The van der Waals surface area contributed by atoms with Crippen molar-refractivity contribution in [3.8, 4) is 17.2 Å². The molecule has 0 aliphatic heterocycles. The zero-order valence-corrected chi connectivity index (χ0v) is 15.7. The van der Waals surface area contributed by atoms with E-state index >= 15 is 0 Å². The van der Waals surface area contributed by atoms with Crippen LogP contribution in [0.5, 0.6) is 17.2 Å². The van der Waals surface area contributed by atoms with E-state index in [2.05, 4.69) is 13.2 Å². The van der Waals surface area contributed by atoms with Crippen molar-refractivity contribution in [2.24, 2.45) is 5.73 Å². The fourth-order valence-corrected chi connectivity index (χ4v) is 2.06. The van der Waals surface area contributed by atoms with Crippen LogP contribution in [0.1, 0.15) is 25.0 Å². The van der Waals surface area contributed by atoms with E-state index < -0.39 is 11.9 Å². The summed E-state index contributed by atoms with van der Waals surface area (Å²) >= 11 is 0. The summed E-state index contributed by atoms with van der Waals surface area (Å²) < 4.78 is 10.2. The molecule has 6 heteroatoms. The van der Waals surface area contributed by atoms with Crippen molar-refractivity contribution in [2.45, 2.75) is 13.8 Å². The minimum atomic E-state index is -0.574. The SMILES string of the molecule is C=C(C)C(=O)Oc1ccc(/C(N)=C/c2ccc(OC(=O)C(=C)C)cc2O)cc1. The fraction of sp³-hybridized carbons (Fsp3) is 0.0909. The monoisotopic (exact) mass is 379 g/mol. The first-order valence-corrected chi connectivity index (χ1v) is 8.33. The maximum absolute atomic E-state index is 11.5. The Bertz CT molecular complexity index is 971. The standard InChI is InChI=1S/C22H21NO5/c1-13(2)21(25)27-17-8-5-15(6-9-17)19(23)11-16-7-10-18(12-20(16)24)28-22(26)14(3)4/h5-12,24H,1,3,23H2,2,4H3/b19-11-. The molecule has 0 atom stereocenters. The Balaban J connectivity index is 2.16. The molecule has 0 aromatic heterocycles. The lowest BCUT2D eigenvalue weighted by Gasteiger charge is -2.08. The highest BCUT2D eigenvalue weighted by Crippen LogP contribution is 2.27. The maximum Gasteiger partial charge on any atom is 0.338 e. The Labute approximate surface area is 163 Å². The van der Waals surface area contributed by atoms with Gasteiger partial charge in [-0.2, -0.15) is 0 Å². The van der Waals surface area contributed by atoms with Crippen LogP contribution in [0.25, 0.3) is 11.8 Å². The number of hydrogen-bond acceptors (Lipinski definition) is 6. The number of carbonyl (C=O) groups is 2.